The first-order valence-electron chi connectivity index (χ1n) is 6.57. The van der Waals surface area contributed by atoms with E-state index in [2.05, 4.69) is 10.3 Å². The summed E-state index contributed by atoms with van der Waals surface area (Å²) in [4.78, 5) is 16.3. The molecule has 5 heteroatoms. The Bertz CT molecular complexity index is 661. The Hall–Kier alpha value is -2.14. The van der Waals surface area contributed by atoms with Crippen LogP contribution in [-0.4, -0.2) is 26.1 Å². The summed E-state index contributed by atoms with van der Waals surface area (Å²) in [5.74, 6) is -0.0625. The molecule has 0 radical (unpaired) electrons. The number of aromatic nitrogens is 2. The molecule has 1 aromatic carbocycles. The smallest absolute Gasteiger partial charge is 0.252 e. The van der Waals surface area contributed by atoms with Crippen LogP contribution in [-0.2, 0) is 6.61 Å². The Morgan fingerprint density at radius 3 is 2.90 bits per heavy atom. The SMILES string of the molecule is CC1(C)NC(=O)c2ccccc2C1n1cncc1CO. The highest BCUT2D eigenvalue weighted by atomic mass is 16.3. The topological polar surface area (TPSA) is 67.2 Å². The summed E-state index contributed by atoms with van der Waals surface area (Å²) in [5.41, 5.74) is 1.90. The Balaban J connectivity index is 2.22. The predicted octanol–water partition coefficient (Wildman–Crippen LogP) is 1.49. The average Bonchev–Trinajstić information content (AvgIpc) is 2.86. The van der Waals surface area contributed by atoms with E-state index in [4.69, 9.17) is 0 Å². The number of benzene rings is 1. The molecule has 1 amide bonds. The molecule has 1 aliphatic rings. The molecule has 0 bridgehead atoms. The molecule has 5 nitrogen and oxygen atoms in total. The normalized spacial score (nSPS) is 20.4. The summed E-state index contributed by atoms with van der Waals surface area (Å²) in [6.07, 6.45) is 3.35. The van der Waals surface area contributed by atoms with E-state index in [1.807, 2.05) is 42.7 Å². The van der Waals surface area contributed by atoms with E-state index < -0.39 is 5.54 Å². The third-order valence-corrected chi connectivity index (χ3v) is 3.81. The maximum atomic E-state index is 12.2. The number of amides is 1. The Morgan fingerprint density at radius 1 is 1.40 bits per heavy atom. The first-order valence-corrected chi connectivity index (χ1v) is 6.57. The maximum absolute atomic E-state index is 12.2. The zero-order valence-electron chi connectivity index (χ0n) is 11.5. The summed E-state index contributed by atoms with van der Waals surface area (Å²) in [7, 11) is 0. The number of carbonyl (C=O) groups excluding carboxylic acids is 1. The van der Waals surface area contributed by atoms with Gasteiger partial charge in [-0.15, -0.1) is 0 Å². The first kappa shape index (κ1) is 12.9. The summed E-state index contributed by atoms with van der Waals surface area (Å²) < 4.78 is 1.93. The molecule has 1 unspecified atom stereocenters. The van der Waals surface area contributed by atoms with Gasteiger partial charge in [0.05, 0.1) is 36.4 Å². The average molecular weight is 271 g/mol. The van der Waals surface area contributed by atoms with Gasteiger partial charge in [0, 0.05) is 5.56 Å². The van der Waals surface area contributed by atoms with Gasteiger partial charge in [-0.3, -0.25) is 4.79 Å². The van der Waals surface area contributed by atoms with Gasteiger partial charge in [-0.05, 0) is 25.5 Å². The lowest BCUT2D eigenvalue weighted by Gasteiger charge is -2.41. The molecule has 0 spiro atoms. The molecule has 1 aliphatic heterocycles. The minimum absolute atomic E-state index is 0.0625. The van der Waals surface area contributed by atoms with Crippen LogP contribution < -0.4 is 5.32 Å². The van der Waals surface area contributed by atoms with Crippen LogP contribution in [0.25, 0.3) is 0 Å². The second kappa shape index (κ2) is 4.45. The highest BCUT2D eigenvalue weighted by Crippen LogP contribution is 2.36. The summed E-state index contributed by atoms with van der Waals surface area (Å²) in [6, 6.07) is 7.47. The van der Waals surface area contributed by atoms with Crippen LogP contribution in [0.1, 0.15) is 41.5 Å². The van der Waals surface area contributed by atoms with Crippen molar-refractivity contribution in [1.29, 1.82) is 0 Å². The van der Waals surface area contributed by atoms with Gasteiger partial charge in [0.15, 0.2) is 0 Å². The lowest BCUT2D eigenvalue weighted by molar-refractivity contribution is 0.0865. The van der Waals surface area contributed by atoms with Crippen molar-refractivity contribution in [2.24, 2.45) is 0 Å². The van der Waals surface area contributed by atoms with Crippen molar-refractivity contribution < 1.29 is 9.90 Å². The fourth-order valence-electron chi connectivity index (χ4n) is 2.94. The molecule has 2 N–H and O–H groups in total. The molecule has 0 saturated heterocycles. The van der Waals surface area contributed by atoms with E-state index in [-0.39, 0.29) is 18.6 Å². The lowest BCUT2D eigenvalue weighted by atomic mass is 9.81. The molecule has 2 heterocycles. The zero-order valence-corrected chi connectivity index (χ0v) is 11.5. The number of aliphatic hydroxyl groups excluding tert-OH is 1. The standard InChI is InChI=1S/C15H17N3O2/c1-15(2)13(18-9-16-7-10(18)8-19)11-5-3-4-6-12(11)14(20)17-15/h3-7,9,13,19H,8H2,1-2H3,(H,17,20). The molecule has 0 saturated carbocycles. The molecule has 1 aromatic heterocycles. The van der Waals surface area contributed by atoms with E-state index in [1.54, 1.807) is 12.5 Å². The summed E-state index contributed by atoms with van der Waals surface area (Å²) in [5, 5.41) is 12.5. The van der Waals surface area contributed by atoms with Gasteiger partial charge in [0.2, 0.25) is 0 Å². The molecular formula is C15H17N3O2. The minimum atomic E-state index is -0.462. The van der Waals surface area contributed by atoms with E-state index >= 15 is 0 Å². The van der Waals surface area contributed by atoms with Crippen molar-refractivity contribution in [2.45, 2.75) is 32.0 Å². The number of imidazole rings is 1. The van der Waals surface area contributed by atoms with Crippen LogP contribution >= 0.6 is 0 Å². The quantitative estimate of drug-likeness (QED) is 0.869. The molecule has 20 heavy (non-hydrogen) atoms. The number of nitrogens with one attached hydrogen (secondary N) is 1. The fourth-order valence-corrected chi connectivity index (χ4v) is 2.94. The summed E-state index contributed by atoms with van der Waals surface area (Å²) in [6.45, 7) is 3.88. The third-order valence-electron chi connectivity index (χ3n) is 3.81. The fraction of sp³-hybridized carbons (Fsp3) is 0.333. The highest BCUT2D eigenvalue weighted by Gasteiger charge is 2.40. The van der Waals surface area contributed by atoms with Gasteiger partial charge in [-0.25, -0.2) is 4.98 Å². The van der Waals surface area contributed by atoms with Crippen molar-refractivity contribution in [2.75, 3.05) is 0 Å². The van der Waals surface area contributed by atoms with Crippen LogP contribution in [0.4, 0.5) is 0 Å². The molecule has 0 fully saturated rings. The molecule has 2 aromatic rings. The molecular weight excluding hydrogens is 254 g/mol. The van der Waals surface area contributed by atoms with Crippen LogP contribution in [0, 0.1) is 0 Å². The van der Waals surface area contributed by atoms with Crippen LogP contribution in [0.2, 0.25) is 0 Å². The van der Waals surface area contributed by atoms with Crippen molar-refractivity contribution in [3.8, 4) is 0 Å². The molecule has 1 atom stereocenters. The van der Waals surface area contributed by atoms with E-state index in [1.165, 1.54) is 0 Å². The van der Waals surface area contributed by atoms with E-state index in [0.29, 0.717) is 5.56 Å². The number of fused-ring (bicyclic) bond motifs is 1. The second-order valence-electron chi connectivity index (χ2n) is 5.62. The van der Waals surface area contributed by atoms with Crippen molar-refractivity contribution in [3.05, 3.63) is 53.6 Å². The lowest BCUT2D eigenvalue weighted by Crippen LogP contribution is -2.54. The van der Waals surface area contributed by atoms with Crippen LogP contribution in [0.3, 0.4) is 0 Å². The zero-order chi connectivity index (χ0) is 14.3. The monoisotopic (exact) mass is 271 g/mol. The van der Waals surface area contributed by atoms with Gasteiger partial charge < -0.3 is 15.0 Å². The first-order chi connectivity index (χ1) is 9.54. The largest absolute Gasteiger partial charge is 0.390 e. The van der Waals surface area contributed by atoms with Gasteiger partial charge >= 0.3 is 0 Å². The second-order valence-corrected chi connectivity index (χ2v) is 5.62. The molecule has 104 valence electrons. The maximum Gasteiger partial charge on any atom is 0.252 e. The summed E-state index contributed by atoms with van der Waals surface area (Å²) >= 11 is 0. The number of rotatable bonds is 2. The Kier molecular flexibility index (Phi) is 2.87. The van der Waals surface area contributed by atoms with Crippen LogP contribution in [0.5, 0.6) is 0 Å². The number of hydrogen-bond acceptors (Lipinski definition) is 3. The molecule has 3 rings (SSSR count). The Labute approximate surface area is 117 Å². The van der Waals surface area contributed by atoms with Gasteiger partial charge in [0.25, 0.3) is 5.91 Å². The minimum Gasteiger partial charge on any atom is -0.390 e. The number of aliphatic hydroxyl groups is 1. The van der Waals surface area contributed by atoms with Crippen molar-refractivity contribution >= 4 is 5.91 Å². The molecule has 0 aliphatic carbocycles. The van der Waals surface area contributed by atoms with E-state index in [0.717, 1.165) is 11.3 Å². The third kappa shape index (κ3) is 1.82. The number of carbonyl (C=O) groups is 1. The van der Waals surface area contributed by atoms with Crippen molar-refractivity contribution in [3.63, 3.8) is 0 Å². The van der Waals surface area contributed by atoms with Gasteiger partial charge in [-0.2, -0.15) is 0 Å². The van der Waals surface area contributed by atoms with Crippen molar-refractivity contribution in [1.82, 2.24) is 14.9 Å². The van der Waals surface area contributed by atoms with E-state index in [9.17, 15) is 9.90 Å². The van der Waals surface area contributed by atoms with Gasteiger partial charge in [0.1, 0.15) is 0 Å². The highest BCUT2D eigenvalue weighted by molar-refractivity contribution is 5.97. The number of hydrogen-bond donors (Lipinski definition) is 2. The van der Waals surface area contributed by atoms with Crippen LogP contribution in [0.15, 0.2) is 36.8 Å². The van der Waals surface area contributed by atoms with Gasteiger partial charge in [-0.1, -0.05) is 18.2 Å². The predicted molar refractivity (Wildman–Crippen MR) is 74.3 cm³/mol. The Morgan fingerprint density at radius 2 is 2.15 bits per heavy atom. The number of nitrogens with zero attached hydrogens (tertiary/aromatic N) is 2.